The zero-order valence-corrected chi connectivity index (χ0v) is 26.9. The molecule has 0 radical (unpaired) electrons. The summed E-state index contributed by atoms with van der Waals surface area (Å²) in [5.41, 5.74) is 4.00. The van der Waals surface area contributed by atoms with Gasteiger partial charge in [-0.2, -0.15) is 9.78 Å². The summed E-state index contributed by atoms with van der Waals surface area (Å²) >= 11 is 3.49. The second-order valence-corrected chi connectivity index (χ2v) is 11.5. The lowest BCUT2D eigenvalue weighted by Gasteiger charge is -2.18. The van der Waals surface area contributed by atoms with Gasteiger partial charge in [-0.15, -0.1) is 0 Å². The molecule has 0 fully saturated rings. The molecule has 230 valence electrons. The number of ether oxygens (including phenoxy) is 2. The highest BCUT2D eigenvalue weighted by Crippen LogP contribution is 2.34. The Kier molecular flexibility index (Phi) is 9.73. The Morgan fingerprint density at radius 2 is 1.84 bits per heavy atom. The molecule has 1 heterocycles. The maximum absolute atomic E-state index is 13.8. The summed E-state index contributed by atoms with van der Waals surface area (Å²) in [5, 5.41) is 7.65. The molecule has 8 nitrogen and oxygen atoms in total. The number of hydrogen-bond donors (Lipinski definition) is 1. The molecule has 45 heavy (non-hydrogen) atoms. The minimum atomic E-state index is -0.447. The molecule has 5 rings (SSSR count). The average molecular weight is 672 g/mol. The second-order valence-electron chi connectivity index (χ2n) is 10.6. The van der Waals surface area contributed by atoms with Gasteiger partial charge in [-0.25, -0.2) is 9.37 Å². The highest BCUT2D eigenvalue weighted by atomic mass is 79.9. The van der Waals surface area contributed by atoms with E-state index in [9.17, 15) is 14.0 Å². The fourth-order valence-electron chi connectivity index (χ4n) is 4.82. The molecule has 1 amide bonds. The van der Waals surface area contributed by atoms with Crippen LogP contribution in [0.3, 0.4) is 0 Å². The number of nitrogens with zero attached hydrogens (tertiary/aromatic N) is 3. The quantitative estimate of drug-likeness (QED) is 0.154. The van der Waals surface area contributed by atoms with Crippen molar-refractivity contribution >= 4 is 44.6 Å². The Morgan fingerprint density at radius 1 is 1.04 bits per heavy atom. The summed E-state index contributed by atoms with van der Waals surface area (Å²) in [6.45, 7) is 8.38. The van der Waals surface area contributed by atoms with E-state index in [1.165, 1.54) is 22.9 Å². The van der Waals surface area contributed by atoms with E-state index in [4.69, 9.17) is 14.5 Å². The van der Waals surface area contributed by atoms with Gasteiger partial charge in [0.2, 0.25) is 0 Å². The van der Waals surface area contributed by atoms with Crippen molar-refractivity contribution in [1.82, 2.24) is 9.66 Å². The second kappa shape index (κ2) is 13.9. The van der Waals surface area contributed by atoms with Crippen LogP contribution in [0.25, 0.3) is 22.3 Å². The number of benzene rings is 4. The van der Waals surface area contributed by atoms with Crippen LogP contribution < -0.4 is 20.3 Å². The molecular formula is C35H32BrFN4O4. The number of carbonyl (C=O) groups excluding carboxylic acids is 1. The molecule has 5 aromatic rings. The monoisotopic (exact) mass is 670 g/mol. The third kappa shape index (κ3) is 7.29. The van der Waals surface area contributed by atoms with E-state index in [-0.39, 0.29) is 18.1 Å². The summed E-state index contributed by atoms with van der Waals surface area (Å²) < 4.78 is 26.9. The zero-order valence-electron chi connectivity index (χ0n) is 25.3. The third-order valence-corrected chi connectivity index (χ3v) is 7.64. The maximum Gasteiger partial charge on any atom is 0.282 e. The van der Waals surface area contributed by atoms with E-state index in [0.717, 1.165) is 22.4 Å². The predicted octanol–water partition coefficient (Wildman–Crippen LogP) is 7.70. The van der Waals surface area contributed by atoms with Gasteiger partial charge in [0.1, 0.15) is 17.3 Å². The van der Waals surface area contributed by atoms with Crippen LogP contribution in [-0.4, -0.2) is 35.0 Å². The molecule has 4 aromatic carbocycles. The van der Waals surface area contributed by atoms with Gasteiger partial charge < -0.3 is 14.8 Å². The van der Waals surface area contributed by atoms with Crippen LogP contribution in [0.4, 0.5) is 10.1 Å². The number of nitrogens with one attached hydrogen (secondary N) is 1. The Hall–Kier alpha value is -4.83. The highest BCUT2D eigenvalue weighted by Gasteiger charge is 2.18. The first-order chi connectivity index (χ1) is 21.6. The first-order valence-electron chi connectivity index (χ1n) is 14.5. The number of anilines is 1. The van der Waals surface area contributed by atoms with Gasteiger partial charge in [-0.1, -0.05) is 32.0 Å². The Bertz CT molecular complexity index is 1970. The van der Waals surface area contributed by atoms with Gasteiger partial charge >= 0.3 is 0 Å². The van der Waals surface area contributed by atoms with Crippen molar-refractivity contribution in [3.63, 3.8) is 0 Å². The van der Waals surface area contributed by atoms with Crippen LogP contribution in [0.2, 0.25) is 0 Å². The number of rotatable bonds is 10. The van der Waals surface area contributed by atoms with Crippen LogP contribution in [0.1, 0.15) is 43.4 Å². The van der Waals surface area contributed by atoms with E-state index < -0.39 is 11.7 Å². The lowest BCUT2D eigenvalue weighted by Crippen LogP contribution is -2.21. The molecule has 0 aliphatic heterocycles. The van der Waals surface area contributed by atoms with Gasteiger partial charge in [0.05, 0.1) is 28.2 Å². The topological polar surface area (TPSA) is 94.8 Å². The molecule has 0 saturated carbocycles. The van der Waals surface area contributed by atoms with Crippen molar-refractivity contribution in [2.75, 3.05) is 18.5 Å². The van der Waals surface area contributed by atoms with Gasteiger partial charge in [-0.3, -0.25) is 9.59 Å². The Morgan fingerprint density at radius 3 is 2.58 bits per heavy atom. The number of fused-ring (bicyclic) bond motifs is 1. The van der Waals surface area contributed by atoms with Gasteiger partial charge in [0, 0.05) is 11.3 Å². The first-order valence-corrected chi connectivity index (χ1v) is 15.3. The van der Waals surface area contributed by atoms with Crippen LogP contribution in [-0.2, 0) is 4.79 Å². The predicted molar refractivity (Wildman–Crippen MR) is 179 cm³/mol. The van der Waals surface area contributed by atoms with E-state index in [0.29, 0.717) is 44.8 Å². The van der Waals surface area contributed by atoms with Crippen LogP contribution in [0.15, 0.2) is 93.2 Å². The van der Waals surface area contributed by atoms with Gasteiger partial charge in [0.25, 0.3) is 11.5 Å². The molecule has 0 aliphatic carbocycles. The van der Waals surface area contributed by atoms with Gasteiger partial charge in [0.15, 0.2) is 12.4 Å². The number of aromatic nitrogens is 2. The number of amides is 1. The standard InChI is InChI=1S/C35H32BrFN4O4/c1-5-44-32-15-22(4)28(18-27(32)21(2)3)34-40-30-12-7-6-11-26(30)35(43)41(34)38-19-23-13-14-31(29(36)16-23)45-20-33(42)39-25-10-8-9-24(37)17-25/h6-19,21H,5,20H2,1-4H3,(H,39,42). The fraction of sp³-hybridized carbons (Fsp3) is 0.200. The first kappa shape index (κ1) is 31.6. The highest BCUT2D eigenvalue weighted by molar-refractivity contribution is 9.10. The van der Waals surface area contributed by atoms with E-state index in [2.05, 4.69) is 40.2 Å². The Labute approximate surface area is 268 Å². The number of aryl methyl sites for hydroxylation is 1. The van der Waals surface area contributed by atoms with Gasteiger partial charge in [-0.05, 0) is 113 Å². The summed E-state index contributed by atoms with van der Waals surface area (Å²) in [5.74, 6) is 0.960. The van der Waals surface area contributed by atoms with E-state index >= 15 is 0 Å². The minimum absolute atomic E-state index is 0.181. The van der Waals surface area contributed by atoms with Crippen molar-refractivity contribution in [1.29, 1.82) is 0 Å². The van der Waals surface area contributed by atoms with Crippen LogP contribution >= 0.6 is 15.9 Å². The van der Waals surface area contributed by atoms with Crippen molar-refractivity contribution < 1.29 is 18.7 Å². The molecule has 0 unspecified atom stereocenters. The molecule has 0 saturated heterocycles. The Balaban J connectivity index is 1.45. The summed E-state index contributed by atoms with van der Waals surface area (Å²) in [4.78, 5) is 30.9. The van der Waals surface area contributed by atoms with E-state index in [1.807, 2.05) is 38.1 Å². The molecule has 10 heteroatoms. The molecule has 1 aromatic heterocycles. The van der Waals surface area contributed by atoms with Crippen molar-refractivity contribution in [3.05, 3.63) is 116 Å². The number of hydrogen-bond acceptors (Lipinski definition) is 6. The van der Waals surface area contributed by atoms with Crippen molar-refractivity contribution in [2.24, 2.45) is 5.10 Å². The zero-order chi connectivity index (χ0) is 32.1. The molecule has 0 spiro atoms. The number of halogens is 2. The SMILES string of the molecule is CCOc1cc(C)c(-c2nc3ccccc3c(=O)n2N=Cc2ccc(OCC(=O)Nc3cccc(F)c3)c(Br)c2)cc1C(C)C. The average Bonchev–Trinajstić information content (AvgIpc) is 3.00. The lowest BCUT2D eigenvalue weighted by atomic mass is 9.96. The van der Waals surface area contributed by atoms with Crippen molar-refractivity contribution in [3.8, 4) is 22.9 Å². The molecular weight excluding hydrogens is 639 g/mol. The number of para-hydroxylation sites is 1. The fourth-order valence-corrected chi connectivity index (χ4v) is 5.33. The summed E-state index contributed by atoms with van der Waals surface area (Å²) in [6.07, 6.45) is 1.57. The van der Waals surface area contributed by atoms with Crippen LogP contribution in [0, 0.1) is 12.7 Å². The molecule has 0 atom stereocenters. The molecule has 0 aliphatic rings. The summed E-state index contributed by atoms with van der Waals surface area (Å²) in [6, 6.07) is 22.0. The smallest absolute Gasteiger partial charge is 0.282 e. The molecule has 0 bridgehead atoms. The maximum atomic E-state index is 13.8. The third-order valence-electron chi connectivity index (χ3n) is 7.02. The largest absolute Gasteiger partial charge is 0.494 e. The minimum Gasteiger partial charge on any atom is -0.494 e. The number of carbonyl (C=O) groups is 1. The normalized spacial score (nSPS) is 11.4. The van der Waals surface area contributed by atoms with E-state index in [1.54, 1.807) is 42.6 Å². The van der Waals surface area contributed by atoms with Crippen molar-refractivity contribution in [2.45, 2.75) is 33.6 Å². The van der Waals surface area contributed by atoms with Crippen LogP contribution in [0.5, 0.6) is 11.5 Å². The lowest BCUT2D eigenvalue weighted by molar-refractivity contribution is -0.118. The summed E-state index contributed by atoms with van der Waals surface area (Å²) in [7, 11) is 0. The molecule has 1 N–H and O–H groups in total.